The van der Waals surface area contributed by atoms with Gasteiger partial charge in [-0.2, -0.15) is 0 Å². The highest BCUT2D eigenvalue weighted by atomic mass is 32.1. The molecule has 0 radical (unpaired) electrons. The zero-order valence-corrected chi connectivity index (χ0v) is 19.6. The highest BCUT2D eigenvalue weighted by Crippen LogP contribution is 2.37. The minimum absolute atomic E-state index is 0.0963. The van der Waals surface area contributed by atoms with Gasteiger partial charge in [-0.3, -0.25) is 4.90 Å². The largest absolute Gasteiger partial charge is 0.476 e. The van der Waals surface area contributed by atoms with Crippen LogP contribution in [0.3, 0.4) is 0 Å². The molecule has 1 atom stereocenters. The first-order valence-corrected chi connectivity index (χ1v) is 13.8. The third-order valence-corrected chi connectivity index (χ3v) is 10.9. The van der Waals surface area contributed by atoms with Gasteiger partial charge in [0.05, 0.1) is 19.3 Å². The van der Waals surface area contributed by atoms with Gasteiger partial charge in [0.2, 0.25) is 0 Å². The molecule has 1 aromatic heterocycles. The van der Waals surface area contributed by atoms with Crippen LogP contribution in [0.5, 0.6) is 0 Å². The number of anilines is 1. The Morgan fingerprint density at radius 3 is 2.68 bits per heavy atom. The molecule has 1 fully saturated rings. The second-order valence-corrected chi connectivity index (χ2v) is 14.4. The number of nitrogens with one attached hydrogen (secondary N) is 1. The van der Waals surface area contributed by atoms with E-state index in [-0.39, 0.29) is 16.8 Å². The summed E-state index contributed by atoms with van der Waals surface area (Å²) in [5, 5.41) is 14.6. The maximum absolute atomic E-state index is 10.9. The smallest absolute Gasteiger partial charge is 0.355 e. The van der Waals surface area contributed by atoms with Crippen molar-refractivity contribution in [1.29, 1.82) is 0 Å². The van der Waals surface area contributed by atoms with E-state index in [0.717, 1.165) is 52.2 Å². The van der Waals surface area contributed by atoms with E-state index in [9.17, 15) is 4.79 Å². The molecule has 7 nitrogen and oxygen atoms in total. The lowest BCUT2D eigenvalue weighted by Crippen LogP contribution is -2.48. The molecule has 2 N–H and O–H groups in total. The second-order valence-electron chi connectivity index (χ2n) is 8.83. The molecule has 9 heteroatoms. The van der Waals surface area contributed by atoms with Gasteiger partial charge in [0.25, 0.3) is 0 Å². The molecule has 1 aromatic rings. The van der Waals surface area contributed by atoms with Crippen LogP contribution in [0.4, 0.5) is 5.13 Å². The van der Waals surface area contributed by atoms with Gasteiger partial charge in [-0.1, -0.05) is 20.8 Å². The van der Waals surface area contributed by atoms with E-state index in [1.54, 1.807) is 5.38 Å². The van der Waals surface area contributed by atoms with Crippen molar-refractivity contribution in [1.82, 2.24) is 9.88 Å². The number of carboxylic acid groups (broad SMARTS) is 1. The Morgan fingerprint density at radius 1 is 1.43 bits per heavy atom. The summed E-state index contributed by atoms with van der Waals surface area (Å²) in [7, 11) is -1.84. The van der Waals surface area contributed by atoms with Gasteiger partial charge in [0.15, 0.2) is 19.1 Å². The number of aromatic nitrogens is 1. The molecule has 0 aliphatic carbocycles. The Hall–Kier alpha value is -1.00. The van der Waals surface area contributed by atoms with Crippen molar-refractivity contribution in [2.45, 2.75) is 57.8 Å². The summed E-state index contributed by atoms with van der Waals surface area (Å²) in [5.74, 6) is -0.988. The summed E-state index contributed by atoms with van der Waals surface area (Å²) in [6.07, 6.45) is 2.12. The third-order valence-electron chi connectivity index (χ3n) is 5.54. The molecule has 1 unspecified atom stereocenters. The predicted octanol–water partition coefficient (Wildman–Crippen LogP) is 3.76. The van der Waals surface area contributed by atoms with Crippen molar-refractivity contribution in [2.75, 3.05) is 44.7 Å². The minimum Gasteiger partial charge on any atom is -0.476 e. The topological polar surface area (TPSA) is 83.9 Å². The first-order chi connectivity index (χ1) is 13.1. The van der Waals surface area contributed by atoms with E-state index in [1.807, 2.05) is 0 Å². The maximum atomic E-state index is 10.9. The van der Waals surface area contributed by atoms with Crippen LogP contribution in [0.2, 0.25) is 18.1 Å². The fourth-order valence-electron chi connectivity index (χ4n) is 2.83. The van der Waals surface area contributed by atoms with Crippen LogP contribution in [0.15, 0.2) is 5.38 Å². The molecule has 1 aliphatic heterocycles. The molecule has 0 amide bonds. The van der Waals surface area contributed by atoms with E-state index in [1.165, 1.54) is 11.3 Å². The molecular formula is C19H35N3O4SSi. The van der Waals surface area contributed by atoms with Crippen molar-refractivity contribution in [2.24, 2.45) is 0 Å². The number of rotatable bonds is 10. The Balaban J connectivity index is 1.87. The van der Waals surface area contributed by atoms with E-state index < -0.39 is 14.3 Å². The molecule has 2 heterocycles. The van der Waals surface area contributed by atoms with Crippen LogP contribution in [0.1, 0.15) is 44.1 Å². The van der Waals surface area contributed by atoms with E-state index in [4.69, 9.17) is 14.3 Å². The Morgan fingerprint density at radius 2 is 2.11 bits per heavy atom. The van der Waals surface area contributed by atoms with Crippen LogP contribution in [0, 0.1) is 0 Å². The average molecular weight is 430 g/mol. The van der Waals surface area contributed by atoms with Gasteiger partial charge >= 0.3 is 5.97 Å². The number of nitrogens with zero attached hydrogens (tertiary/aromatic N) is 2. The third kappa shape index (κ3) is 7.11. The second kappa shape index (κ2) is 10.2. The fraction of sp³-hybridized carbons (Fsp3) is 0.789. The zero-order chi connectivity index (χ0) is 20.8. The van der Waals surface area contributed by atoms with Crippen molar-refractivity contribution in [3.63, 3.8) is 0 Å². The first kappa shape index (κ1) is 23.3. The first-order valence-electron chi connectivity index (χ1n) is 9.99. The quantitative estimate of drug-likeness (QED) is 0.433. The fourth-order valence-corrected chi connectivity index (χ4v) is 4.92. The Bertz CT molecular complexity index is 627. The van der Waals surface area contributed by atoms with E-state index >= 15 is 0 Å². The summed E-state index contributed by atoms with van der Waals surface area (Å²) in [6, 6.07) is 0. The molecule has 1 saturated heterocycles. The van der Waals surface area contributed by atoms with Gasteiger partial charge in [0, 0.05) is 31.6 Å². The number of carbonyl (C=O) groups is 1. The SMILES string of the molecule is CC(C)(C)[Si](C)(C)OC(CCCNc1nc(C(=O)O)cs1)CN1CCOCC1. The number of hydrogen-bond acceptors (Lipinski definition) is 7. The molecule has 0 spiro atoms. The summed E-state index contributed by atoms with van der Waals surface area (Å²) < 4.78 is 12.2. The van der Waals surface area contributed by atoms with Crippen molar-refractivity contribution in [3.05, 3.63) is 11.1 Å². The lowest BCUT2D eigenvalue weighted by molar-refractivity contribution is 0.0154. The van der Waals surface area contributed by atoms with Crippen LogP contribution in [-0.2, 0) is 9.16 Å². The number of hydrogen-bond donors (Lipinski definition) is 2. The molecule has 160 valence electrons. The van der Waals surface area contributed by atoms with Crippen molar-refractivity contribution in [3.8, 4) is 0 Å². The maximum Gasteiger partial charge on any atom is 0.355 e. The monoisotopic (exact) mass is 429 g/mol. The zero-order valence-electron chi connectivity index (χ0n) is 17.8. The highest BCUT2D eigenvalue weighted by molar-refractivity contribution is 7.13. The lowest BCUT2D eigenvalue weighted by Gasteiger charge is -2.41. The van der Waals surface area contributed by atoms with Gasteiger partial charge in [-0.15, -0.1) is 11.3 Å². The van der Waals surface area contributed by atoms with Gasteiger partial charge < -0.3 is 19.6 Å². The van der Waals surface area contributed by atoms with E-state index in [0.29, 0.717) is 5.13 Å². The molecule has 28 heavy (non-hydrogen) atoms. The molecule has 1 aliphatic rings. The standard InChI is InChI=1S/C19H35N3O4SSi/c1-19(2,3)28(4,5)26-15(13-22-9-11-25-12-10-22)7-6-8-20-18-21-16(14-27-18)17(23)24/h14-15H,6-13H2,1-5H3,(H,20,21)(H,23,24). The van der Waals surface area contributed by atoms with Crippen molar-refractivity contribution < 1.29 is 19.1 Å². The van der Waals surface area contributed by atoms with Crippen LogP contribution in [-0.4, -0.2) is 74.8 Å². The van der Waals surface area contributed by atoms with Crippen LogP contribution >= 0.6 is 11.3 Å². The molecule has 0 aromatic carbocycles. The summed E-state index contributed by atoms with van der Waals surface area (Å²) in [6.45, 7) is 16.7. The number of carboxylic acids is 1. The lowest BCUT2D eigenvalue weighted by atomic mass is 10.2. The van der Waals surface area contributed by atoms with Crippen molar-refractivity contribution >= 4 is 30.8 Å². The summed E-state index contributed by atoms with van der Waals surface area (Å²) in [5.41, 5.74) is 0.0963. The summed E-state index contributed by atoms with van der Waals surface area (Å²) in [4.78, 5) is 17.4. The van der Waals surface area contributed by atoms with Crippen LogP contribution in [0.25, 0.3) is 0 Å². The highest BCUT2D eigenvalue weighted by Gasteiger charge is 2.39. The number of thiazole rings is 1. The normalized spacial score (nSPS) is 17.5. The van der Waals surface area contributed by atoms with Crippen LogP contribution < -0.4 is 5.32 Å². The minimum atomic E-state index is -1.84. The number of ether oxygens (including phenoxy) is 1. The Labute approximate surface area is 173 Å². The van der Waals surface area contributed by atoms with Gasteiger partial charge in [-0.25, -0.2) is 9.78 Å². The van der Waals surface area contributed by atoms with E-state index in [2.05, 4.69) is 49.1 Å². The number of morpholine rings is 1. The Kier molecular flexibility index (Phi) is 8.44. The predicted molar refractivity (Wildman–Crippen MR) is 116 cm³/mol. The molecular weight excluding hydrogens is 394 g/mol. The molecule has 0 saturated carbocycles. The number of aromatic carboxylic acids is 1. The molecule has 2 rings (SSSR count). The van der Waals surface area contributed by atoms with Gasteiger partial charge in [-0.05, 0) is 31.0 Å². The molecule has 0 bridgehead atoms. The van der Waals surface area contributed by atoms with Gasteiger partial charge in [0.1, 0.15) is 0 Å². The summed E-state index contributed by atoms with van der Waals surface area (Å²) >= 11 is 1.33. The average Bonchev–Trinajstić information content (AvgIpc) is 3.07.